The molecule has 4 heterocycles. The number of nitrogens with zero attached hydrogens (tertiary/aromatic N) is 4. The van der Waals surface area contributed by atoms with Crippen LogP contribution < -0.4 is 11.1 Å². The quantitative estimate of drug-likeness (QED) is 0.448. The van der Waals surface area contributed by atoms with Crippen LogP contribution in [-0.4, -0.2) is 38.8 Å². The van der Waals surface area contributed by atoms with Crippen LogP contribution >= 0.6 is 27.7 Å². The number of nitrogens with one attached hydrogen (secondary N) is 1. The molecule has 3 aromatic heterocycles. The zero-order valence-corrected chi connectivity index (χ0v) is 18.4. The first-order chi connectivity index (χ1) is 14.7. The minimum absolute atomic E-state index is 0.289. The normalized spacial score (nSPS) is 16.6. The highest BCUT2D eigenvalue weighted by Crippen LogP contribution is 2.38. The molecule has 1 aliphatic rings. The van der Waals surface area contributed by atoms with Crippen molar-refractivity contribution in [2.75, 3.05) is 24.6 Å². The van der Waals surface area contributed by atoms with Crippen LogP contribution in [0.3, 0.4) is 0 Å². The van der Waals surface area contributed by atoms with E-state index in [9.17, 15) is 0 Å². The first kappa shape index (κ1) is 19.4. The second-order valence-electron chi connectivity index (χ2n) is 7.02. The van der Waals surface area contributed by atoms with Gasteiger partial charge in [-0.05, 0) is 41.5 Å². The Bertz CT molecular complexity index is 1230. The molecule has 0 saturated carbocycles. The molecule has 0 aliphatic carbocycles. The van der Waals surface area contributed by atoms with Gasteiger partial charge in [0.2, 0.25) is 0 Å². The van der Waals surface area contributed by atoms with Crippen molar-refractivity contribution in [2.45, 2.75) is 5.25 Å². The number of fused-ring (bicyclic) bond motifs is 1. The number of hydrogen-bond donors (Lipinski definition) is 2. The molecule has 0 bridgehead atoms. The fourth-order valence-electron chi connectivity index (χ4n) is 3.74. The van der Waals surface area contributed by atoms with Gasteiger partial charge in [0.1, 0.15) is 12.1 Å². The summed E-state index contributed by atoms with van der Waals surface area (Å²) in [5.41, 5.74) is 11.7. The third kappa shape index (κ3) is 3.66. The maximum atomic E-state index is 6.24. The highest BCUT2D eigenvalue weighted by molar-refractivity contribution is 9.10. The van der Waals surface area contributed by atoms with Gasteiger partial charge in [-0.15, -0.1) is 11.8 Å². The number of nitrogen functional groups attached to an aromatic ring is 1. The molecule has 5 rings (SSSR count). The molecule has 6 nitrogen and oxygen atoms in total. The van der Waals surface area contributed by atoms with Crippen molar-refractivity contribution in [3.05, 3.63) is 65.2 Å². The summed E-state index contributed by atoms with van der Waals surface area (Å²) in [4.78, 5) is 18.2. The standard InChI is InChI=1S/C22H19BrN6S/c23-14-4-1-3-13(9-14)16-10-17(29-22-19(16)21(24)27-12-28-22)15-5-2-6-26-20(15)18-11-25-7-8-30-18/h1-6,9-10,12,18,25H,7-8,11H2,(H2,24,27,28,29). The maximum absolute atomic E-state index is 6.24. The minimum atomic E-state index is 0.289. The lowest BCUT2D eigenvalue weighted by Crippen LogP contribution is -2.28. The summed E-state index contributed by atoms with van der Waals surface area (Å²) in [7, 11) is 0. The van der Waals surface area contributed by atoms with Crippen molar-refractivity contribution in [3.63, 3.8) is 0 Å². The van der Waals surface area contributed by atoms with E-state index in [0.29, 0.717) is 11.5 Å². The summed E-state index contributed by atoms with van der Waals surface area (Å²) < 4.78 is 0.994. The zero-order chi connectivity index (χ0) is 20.5. The second kappa shape index (κ2) is 8.29. The molecule has 1 unspecified atom stereocenters. The fourth-order valence-corrected chi connectivity index (χ4v) is 5.27. The van der Waals surface area contributed by atoms with Gasteiger partial charge in [-0.2, -0.15) is 0 Å². The van der Waals surface area contributed by atoms with Crippen molar-refractivity contribution in [1.29, 1.82) is 0 Å². The molecule has 1 aliphatic heterocycles. The van der Waals surface area contributed by atoms with Gasteiger partial charge in [-0.25, -0.2) is 15.0 Å². The van der Waals surface area contributed by atoms with Crippen molar-refractivity contribution in [2.24, 2.45) is 0 Å². The fraction of sp³-hybridized carbons (Fsp3) is 0.182. The van der Waals surface area contributed by atoms with Crippen molar-refractivity contribution < 1.29 is 0 Å². The van der Waals surface area contributed by atoms with Crippen LogP contribution in [0.2, 0.25) is 0 Å². The van der Waals surface area contributed by atoms with E-state index in [0.717, 1.165) is 56.8 Å². The SMILES string of the molecule is Nc1ncnc2nc(-c3cccnc3C3CNCCS3)cc(-c3cccc(Br)c3)c12. The predicted octanol–water partition coefficient (Wildman–Crippen LogP) is 4.48. The largest absolute Gasteiger partial charge is 0.383 e. The lowest BCUT2D eigenvalue weighted by atomic mass is 9.98. The molecule has 8 heteroatoms. The Morgan fingerprint density at radius 1 is 1.07 bits per heavy atom. The van der Waals surface area contributed by atoms with Gasteiger partial charge < -0.3 is 11.1 Å². The third-order valence-corrected chi connectivity index (χ3v) is 6.84. The van der Waals surface area contributed by atoms with E-state index in [1.54, 1.807) is 0 Å². The number of thioether (sulfide) groups is 1. The Labute approximate surface area is 186 Å². The molecule has 1 atom stereocenters. The van der Waals surface area contributed by atoms with Gasteiger partial charge in [0, 0.05) is 35.1 Å². The molecule has 0 amide bonds. The number of nitrogens with two attached hydrogens (primary N) is 1. The lowest BCUT2D eigenvalue weighted by Gasteiger charge is -2.24. The maximum Gasteiger partial charge on any atom is 0.165 e. The second-order valence-corrected chi connectivity index (χ2v) is 9.25. The van der Waals surface area contributed by atoms with E-state index in [-0.39, 0.29) is 5.25 Å². The number of halogens is 1. The smallest absolute Gasteiger partial charge is 0.165 e. The van der Waals surface area contributed by atoms with Crippen molar-refractivity contribution >= 4 is 44.5 Å². The van der Waals surface area contributed by atoms with E-state index in [2.05, 4.69) is 55.5 Å². The van der Waals surface area contributed by atoms with Gasteiger partial charge in [-0.3, -0.25) is 4.98 Å². The molecule has 3 N–H and O–H groups in total. The van der Waals surface area contributed by atoms with E-state index >= 15 is 0 Å². The number of pyridine rings is 2. The summed E-state index contributed by atoms with van der Waals surface area (Å²) in [6.45, 7) is 1.93. The molecule has 30 heavy (non-hydrogen) atoms. The first-order valence-electron chi connectivity index (χ1n) is 9.65. The average molecular weight is 479 g/mol. The van der Waals surface area contributed by atoms with Crippen LogP contribution in [-0.2, 0) is 0 Å². The first-order valence-corrected chi connectivity index (χ1v) is 11.5. The molecule has 150 valence electrons. The molecule has 0 radical (unpaired) electrons. The molecule has 0 spiro atoms. The van der Waals surface area contributed by atoms with Gasteiger partial charge in [0.05, 0.1) is 22.0 Å². The van der Waals surface area contributed by atoms with Gasteiger partial charge in [0.25, 0.3) is 0 Å². The van der Waals surface area contributed by atoms with Crippen LogP contribution in [0.25, 0.3) is 33.4 Å². The molecule has 1 saturated heterocycles. The molecular formula is C22H19BrN6S. The predicted molar refractivity (Wildman–Crippen MR) is 126 cm³/mol. The highest BCUT2D eigenvalue weighted by Gasteiger charge is 2.22. The summed E-state index contributed by atoms with van der Waals surface area (Å²) in [6, 6.07) is 14.2. The van der Waals surface area contributed by atoms with E-state index < -0.39 is 0 Å². The Morgan fingerprint density at radius 2 is 2.00 bits per heavy atom. The van der Waals surface area contributed by atoms with Crippen LogP contribution in [0.1, 0.15) is 10.9 Å². The van der Waals surface area contributed by atoms with Crippen LogP contribution in [0, 0.1) is 0 Å². The van der Waals surface area contributed by atoms with Crippen LogP contribution in [0.4, 0.5) is 5.82 Å². The van der Waals surface area contributed by atoms with E-state index in [1.807, 2.05) is 36.2 Å². The highest BCUT2D eigenvalue weighted by atomic mass is 79.9. The third-order valence-electron chi connectivity index (χ3n) is 5.12. The van der Waals surface area contributed by atoms with Crippen molar-refractivity contribution in [3.8, 4) is 22.4 Å². The monoisotopic (exact) mass is 478 g/mol. The Hall–Kier alpha value is -2.55. The average Bonchev–Trinajstić information content (AvgIpc) is 2.79. The summed E-state index contributed by atoms with van der Waals surface area (Å²) in [5, 5.41) is 4.52. The minimum Gasteiger partial charge on any atom is -0.383 e. The Balaban J connectivity index is 1.74. The Kier molecular flexibility index (Phi) is 5.37. The van der Waals surface area contributed by atoms with Crippen molar-refractivity contribution in [1.82, 2.24) is 25.3 Å². The summed E-state index contributed by atoms with van der Waals surface area (Å²) in [6.07, 6.45) is 3.31. The Morgan fingerprint density at radius 3 is 2.83 bits per heavy atom. The van der Waals surface area contributed by atoms with Crippen LogP contribution in [0.5, 0.6) is 0 Å². The number of rotatable bonds is 3. The molecule has 4 aromatic rings. The lowest BCUT2D eigenvalue weighted by molar-refractivity contribution is 0.681. The number of anilines is 1. The molecule has 1 fully saturated rings. The topological polar surface area (TPSA) is 89.6 Å². The molecular weight excluding hydrogens is 460 g/mol. The number of benzene rings is 1. The number of aromatic nitrogens is 4. The summed E-state index contributed by atoms with van der Waals surface area (Å²) >= 11 is 5.50. The van der Waals surface area contributed by atoms with E-state index in [4.69, 9.17) is 15.7 Å². The van der Waals surface area contributed by atoms with E-state index in [1.165, 1.54) is 6.33 Å². The number of hydrogen-bond acceptors (Lipinski definition) is 7. The van der Waals surface area contributed by atoms with Gasteiger partial charge in [-0.1, -0.05) is 28.1 Å². The van der Waals surface area contributed by atoms with Gasteiger partial charge >= 0.3 is 0 Å². The molecule has 1 aromatic carbocycles. The summed E-state index contributed by atoms with van der Waals surface area (Å²) in [5.74, 6) is 1.49. The van der Waals surface area contributed by atoms with Crippen LogP contribution in [0.15, 0.2) is 59.5 Å². The zero-order valence-electron chi connectivity index (χ0n) is 16.0. The van der Waals surface area contributed by atoms with Gasteiger partial charge in [0.15, 0.2) is 5.65 Å².